The van der Waals surface area contributed by atoms with Crippen LogP contribution in [-0.2, 0) is 4.79 Å². The number of anilines is 1. The number of hydrogen-bond acceptors (Lipinski definition) is 4. The molecule has 0 atom stereocenters. The number of carbonyl (C=O) groups excluding carboxylic acids is 2. The molecule has 0 heterocycles. The molecule has 4 rings (SSSR count). The molecule has 0 aliphatic carbocycles. The molecule has 0 spiro atoms. The highest BCUT2D eigenvalue weighted by atomic mass is 35.5. The van der Waals surface area contributed by atoms with Crippen molar-refractivity contribution in [2.45, 2.75) is 0 Å². The predicted octanol–water partition coefficient (Wildman–Crippen LogP) is 6.91. The molecular weight excluding hydrogens is 471 g/mol. The summed E-state index contributed by atoms with van der Waals surface area (Å²) in [5, 5.41) is 14.9. The van der Waals surface area contributed by atoms with E-state index in [1.54, 1.807) is 36.4 Å². The maximum Gasteiger partial charge on any atom is 0.345 e. The van der Waals surface area contributed by atoms with Gasteiger partial charge in [0.25, 0.3) is 5.91 Å². The summed E-state index contributed by atoms with van der Waals surface area (Å²) in [6.07, 6.45) is 1.46. The van der Waals surface area contributed by atoms with E-state index in [2.05, 4.69) is 5.32 Å². The van der Waals surface area contributed by atoms with Gasteiger partial charge in [0.05, 0.1) is 10.6 Å². The lowest BCUT2D eigenvalue weighted by molar-refractivity contribution is -0.112. The Kier molecular flexibility index (Phi) is 6.93. The van der Waals surface area contributed by atoms with Crippen molar-refractivity contribution < 1.29 is 14.3 Å². The molecule has 0 unspecified atom stereocenters. The molecule has 34 heavy (non-hydrogen) atoms. The maximum absolute atomic E-state index is 12.6. The maximum atomic E-state index is 12.6. The fourth-order valence-electron chi connectivity index (χ4n) is 3.23. The highest BCUT2D eigenvalue weighted by molar-refractivity contribution is 6.36. The highest BCUT2D eigenvalue weighted by Crippen LogP contribution is 2.24. The number of fused-ring (bicyclic) bond motifs is 1. The molecule has 0 saturated carbocycles. The number of nitrogens with one attached hydrogen (secondary N) is 1. The summed E-state index contributed by atoms with van der Waals surface area (Å²) in [7, 11) is 0. The number of ether oxygens (including phenoxy) is 1. The third kappa shape index (κ3) is 5.44. The summed E-state index contributed by atoms with van der Waals surface area (Å²) in [5.41, 5.74) is 1.31. The van der Waals surface area contributed by atoms with Crippen molar-refractivity contribution in [3.8, 4) is 11.8 Å². The Morgan fingerprint density at radius 3 is 2.32 bits per heavy atom. The summed E-state index contributed by atoms with van der Waals surface area (Å²) in [5.74, 6) is -0.865. The molecule has 1 amide bonds. The molecule has 166 valence electrons. The molecule has 0 bridgehead atoms. The van der Waals surface area contributed by atoms with Gasteiger partial charge in [0, 0.05) is 10.7 Å². The van der Waals surface area contributed by atoms with Crippen molar-refractivity contribution in [3.63, 3.8) is 0 Å². The van der Waals surface area contributed by atoms with Gasteiger partial charge in [-0.05, 0) is 64.9 Å². The number of halogens is 2. The predicted molar refractivity (Wildman–Crippen MR) is 134 cm³/mol. The molecule has 5 nitrogen and oxygen atoms in total. The Balaban J connectivity index is 1.45. The second-order valence-electron chi connectivity index (χ2n) is 7.27. The first-order valence-corrected chi connectivity index (χ1v) is 10.9. The van der Waals surface area contributed by atoms with Crippen LogP contribution >= 0.6 is 23.2 Å². The van der Waals surface area contributed by atoms with Gasteiger partial charge in [-0.1, -0.05) is 65.7 Å². The van der Waals surface area contributed by atoms with E-state index in [-0.39, 0.29) is 21.9 Å². The van der Waals surface area contributed by atoms with Crippen molar-refractivity contribution in [1.82, 2.24) is 0 Å². The molecule has 4 aromatic rings. The minimum atomic E-state index is -0.627. The largest absolute Gasteiger partial charge is 0.423 e. The van der Waals surface area contributed by atoms with Gasteiger partial charge in [0.2, 0.25) is 0 Å². The minimum Gasteiger partial charge on any atom is -0.423 e. The normalized spacial score (nSPS) is 11.0. The Hall–Kier alpha value is -4.11. The van der Waals surface area contributed by atoms with Crippen LogP contribution in [0.5, 0.6) is 5.75 Å². The fraction of sp³-hybridized carbons (Fsp3) is 0. The van der Waals surface area contributed by atoms with Crippen molar-refractivity contribution in [2.24, 2.45) is 0 Å². The van der Waals surface area contributed by atoms with Crippen LogP contribution in [0.25, 0.3) is 16.8 Å². The summed E-state index contributed by atoms with van der Waals surface area (Å²) in [6.45, 7) is 0. The fourth-order valence-corrected chi connectivity index (χ4v) is 3.72. The third-order valence-electron chi connectivity index (χ3n) is 4.93. The number of rotatable bonds is 5. The number of hydrogen-bond donors (Lipinski definition) is 1. The topological polar surface area (TPSA) is 79.2 Å². The molecule has 1 N–H and O–H groups in total. The molecule has 0 aromatic heterocycles. The van der Waals surface area contributed by atoms with Crippen LogP contribution in [0.2, 0.25) is 10.0 Å². The number of nitriles is 1. The van der Waals surface area contributed by atoms with Gasteiger partial charge in [-0.15, -0.1) is 0 Å². The zero-order valence-corrected chi connectivity index (χ0v) is 19.1. The van der Waals surface area contributed by atoms with Gasteiger partial charge in [0.15, 0.2) is 0 Å². The molecule has 0 aliphatic rings. The van der Waals surface area contributed by atoms with Crippen LogP contribution < -0.4 is 10.1 Å². The summed E-state index contributed by atoms with van der Waals surface area (Å²) in [6, 6.07) is 26.1. The third-order valence-corrected chi connectivity index (χ3v) is 5.47. The van der Waals surface area contributed by atoms with E-state index in [1.807, 2.05) is 42.5 Å². The Morgan fingerprint density at radius 1 is 0.882 bits per heavy atom. The molecule has 7 heteroatoms. The van der Waals surface area contributed by atoms with Crippen LogP contribution in [0.1, 0.15) is 15.9 Å². The molecule has 4 aromatic carbocycles. The number of carbonyl (C=O) groups is 2. The monoisotopic (exact) mass is 486 g/mol. The molecule has 0 aliphatic heterocycles. The standard InChI is InChI=1S/C27H16Cl2N2O3/c28-21-8-12-24(25(29)15-21)27(33)34-23-10-5-17(6-11-23)13-20(16-30)26(32)31-22-9-7-18-3-1-2-4-19(18)14-22/h1-15H,(H,31,32)/b20-13+. The second kappa shape index (κ2) is 10.2. The first-order chi connectivity index (χ1) is 16.4. The van der Waals surface area contributed by atoms with Gasteiger partial charge in [-0.2, -0.15) is 5.26 Å². The van der Waals surface area contributed by atoms with Crippen LogP contribution in [0.4, 0.5) is 5.69 Å². The van der Waals surface area contributed by atoms with Crippen molar-refractivity contribution in [2.75, 3.05) is 5.32 Å². The lowest BCUT2D eigenvalue weighted by Crippen LogP contribution is -2.13. The van der Waals surface area contributed by atoms with Gasteiger partial charge in [0.1, 0.15) is 17.4 Å². The lowest BCUT2D eigenvalue weighted by Gasteiger charge is -2.07. The first-order valence-electron chi connectivity index (χ1n) is 10.1. The smallest absolute Gasteiger partial charge is 0.345 e. The van der Waals surface area contributed by atoms with Crippen molar-refractivity contribution in [1.29, 1.82) is 5.26 Å². The molecule has 0 saturated heterocycles. The minimum absolute atomic E-state index is 0.0640. The van der Waals surface area contributed by atoms with Crippen LogP contribution in [0.15, 0.2) is 90.5 Å². The van der Waals surface area contributed by atoms with E-state index in [0.29, 0.717) is 16.3 Å². The van der Waals surface area contributed by atoms with E-state index in [9.17, 15) is 14.9 Å². The SMILES string of the molecule is N#C/C(=C\c1ccc(OC(=O)c2ccc(Cl)cc2Cl)cc1)C(=O)Nc1ccc2ccccc2c1. The average Bonchev–Trinajstić information content (AvgIpc) is 2.83. The van der Waals surface area contributed by atoms with Crippen LogP contribution in [0, 0.1) is 11.3 Å². The summed E-state index contributed by atoms with van der Waals surface area (Å²) < 4.78 is 5.34. The van der Waals surface area contributed by atoms with E-state index in [0.717, 1.165) is 10.8 Å². The van der Waals surface area contributed by atoms with Crippen molar-refractivity contribution >= 4 is 57.6 Å². The Labute approximate surface area is 205 Å². The van der Waals surface area contributed by atoms with Crippen LogP contribution in [-0.4, -0.2) is 11.9 Å². The lowest BCUT2D eigenvalue weighted by atomic mass is 10.1. The van der Waals surface area contributed by atoms with Crippen molar-refractivity contribution in [3.05, 3.63) is 112 Å². The molecule has 0 fully saturated rings. The second-order valence-corrected chi connectivity index (χ2v) is 8.11. The van der Waals surface area contributed by atoms with Gasteiger partial charge in [-0.25, -0.2) is 4.79 Å². The van der Waals surface area contributed by atoms with E-state index < -0.39 is 11.9 Å². The Bertz CT molecular complexity index is 1470. The quantitative estimate of drug-likeness (QED) is 0.144. The summed E-state index contributed by atoms with van der Waals surface area (Å²) in [4.78, 5) is 25.0. The van der Waals surface area contributed by atoms with Gasteiger partial charge < -0.3 is 10.1 Å². The van der Waals surface area contributed by atoms with Crippen LogP contribution in [0.3, 0.4) is 0 Å². The first kappa shape index (κ1) is 23.1. The van der Waals surface area contributed by atoms with Gasteiger partial charge in [-0.3, -0.25) is 4.79 Å². The van der Waals surface area contributed by atoms with E-state index in [1.165, 1.54) is 18.2 Å². The number of nitrogens with zero attached hydrogens (tertiary/aromatic N) is 1. The zero-order valence-electron chi connectivity index (χ0n) is 17.6. The number of benzene rings is 4. The highest BCUT2D eigenvalue weighted by Gasteiger charge is 2.14. The average molecular weight is 487 g/mol. The summed E-state index contributed by atoms with van der Waals surface area (Å²) >= 11 is 11.9. The molecular formula is C27H16Cl2N2O3. The number of amides is 1. The number of esters is 1. The van der Waals surface area contributed by atoms with E-state index >= 15 is 0 Å². The van der Waals surface area contributed by atoms with Gasteiger partial charge >= 0.3 is 5.97 Å². The van der Waals surface area contributed by atoms with E-state index in [4.69, 9.17) is 27.9 Å². The molecule has 0 radical (unpaired) electrons. The Morgan fingerprint density at radius 2 is 1.62 bits per heavy atom. The zero-order chi connectivity index (χ0) is 24.1.